The van der Waals surface area contributed by atoms with E-state index in [4.69, 9.17) is 18.9 Å². The highest BCUT2D eigenvalue weighted by Crippen LogP contribution is 2.30. The van der Waals surface area contributed by atoms with E-state index in [9.17, 15) is 45.6 Å². The fraction of sp³-hybridized carbons (Fsp3) is 0.971. The summed E-state index contributed by atoms with van der Waals surface area (Å²) in [6.45, 7) is 2.68. The molecule has 0 aromatic rings. The van der Waals surface area contributed by atoms with Crippen molar-refractivity contribution in [2.24, 2.45) is 0 Å². The minimum atomic E-state index is -1.77. The number of rotatable bonds is 26. The molecule has 0 aromatic heterocycles. The first-order valence-corrected chi connectivity index (χ1v) is 18.8. The summed E-state index contributed by atoms with van der Waals surface area (Å²) in [5.41, 5.74) is 0. The molecule has 14 nitrogen and oxygen atoms in total. The molecule has 290 valence electrons. The van der Waals surface area contributed by atoms with Gasteiger partial charge in [0.1, 0.15) is 48.8 Å². The van der Waals surface area contributed by atoms with Gasteiger partial charge in [0.2, 0.25) is 5.91 Å². The number of aliphatic hydroxyl groups excluding tert-OH is 8. The molecule has 12 unspecified atom stereocenters. The summed E-state index contributed by atoms with van der Waals surface area (Å²) in [6, 6.07) is -0.815. The zero-order chi connectivity index (χ0) is 36.2. The Bertz CT molecular complexity index is 852. The molecule has 0 radical (unpaired) electrons. The zero-order valence-corrected chi connectivity index (χ0v) is 29.7. The van der Waals surface area contributed by atoms with Gasteiger partial charge in [0.15, 0.2) is 12.6 Å². The van der Waals surface area contributed by atoms with Crippen molar-refractivity contribution in [3.63, 3.8) is 0 Å². The first-order chi connectivity index (χ1) is 23.6. The Labute approximate surface area is 292 Å². The monoisotopic (exact) mass is 709 g/mol. The second kappa shape index (κ2) is 25.0. The lowest BCUT2D eigenvalue weighted by Crippen LogP contribution is -2.65. The molecular weight excluding hydrogens is 642 g/mol. The first kappa shape index (κ1) is 44.2. The minimum absolute atomic E-state index is 0.224. The van der Waals surface area contributed by atoms with E-state index >= 15 is 0 Å². The summed E-state index contributed by atoms with van der Waals surface area (Å²) in [6.07, 6.45) is 0.459. The molecular formula is C35H67NO13. The fourth-order valence-electron chi connectivity index (χ4n) is 6.35. The Balaban J connectivity index is 1.95. The van der Waals surface area contributed by atoms with E-state index in [2.05, 4.69) is 19.2 Å². The molecule has 0 bridgehead atoms. The molecule has 0 saturated carbocycles. The van der Waals surface area contributed by atoms with E-state index in [0.717, 1.165) is 57.8 Å². The smallest absolute Gasteiger partial charge is 0.220 e. The molecule has 49 heavy (non-hydrogen) atoms. The van der Waals surface area contributed by atoms with Gasteiger partial charge in [0.05, 0.1) is 32.0 Å². The molecule has 2 rings (SSSR count). The van der Waals surface area contributed by atoms with Gasteiger partial charge in [0.25, 0.3) is 0 Å². The molecule has 2 aliphatic rings. The van der Waals surface area contributed by atoms with Crippen LogP contribution in [-0.4, -0.2) is 140 Å². The third-order valence-corrected chi connectivity index (χ3v) is 9.57. The van der Waals surface area contributed by atoms with Crippen molar-refractivity contribution in [1.82, 2.24) is 5.32 Å². The van der Waals surface area contributed by atoms with E-state index in [-0.39, 0.29) is 12.5 Å². The number of ether oxygens (including phenoxy) is 4. The lowest BCUT2D eigenvalue weighted by molar-refractivity contribution is -0.359. The van der Waals surface area contributed by atoms with Gasteiger partial charge in [-0.15, -0.1) is 0 Å². The van der Waals surface area contributed by atoms with Crippen LogP contribution in [-0.2, 0) is 23.7 Å². The standard InChI is InChI=1S/C35H67NO13/c1-3-5-7-9-10-11-12-13-15-16-18-24(39)23(36-27(40)19-17-14-8-6-4-2)22-46-34-32(45)30(43)33(26(21-38)48-34)49-35-31(44)29(42)28(41)25(20-37)47-35/h23-26,28-35,37-39,41-45H,3-22H2,1-2H3,(H,36,40). The lowest BCUT2D eigenvalue weighted by atomic mass is 9.97. The maximum absolute atomic E-state index is 12.8. The number of hydrogen-bond donors (Lipinski definition) is 9. The highest BCUT2D eigenvalue weighted by atomic mass is 16.7. The van der Waals surface area contributed by atoms with Crippen LogP contribution < -0.4 is 5.32 Å². The van der Waals surface area contributed by atoms with Gasteiger partial charge in [0, 0.05) is 6.42 Å². The molecule has 2 fully saturated rings. The van der Waals surface area contributed by atoms with Crippen molar-refractivity contribution in [1.29, 1.82) is 0 Å². The third-order valence-electron chi connectivity index (χ3n) is 9.57. The molecule has 0 aromatic carbocycles. The Morgan fingerprint density at radius 3 is 1.73 bits per heavy atom. The lowest BCUT2D eigenvalue weighted by Gasteiger charge is -2.46. The van der Waals surface area contributed by atoms with Gasteiger partial charge >= 0.3 is 0 Å². The summed E-state index contributed by atoms with van der Waals surface area (Å²) >= 11 is 0. The summed E-state index contributed by atoms with van der Waals surface area (Å²) in [5, 5.41) is 85.8. The summed E-state index contributed by atoms with van der Waals surface area (Å²) in [5.74, 6) is -0.224. The van der Waals surface area contributed by atoms with E-state index in [1.165, 1.54) is 38.5 Å². The number of nitrogens with one attached hydrogen (secondary N) is 1. The van der Waals surface area contributed by atoms with Gasteiger partial charge in [-0.1, -0.05) is 104 Å². The number of aliphatic hydroxyl groups is 8. The van der Waals surface area contributed by atoms with Crippen LogP contribution >= 0.6 is 0 Å². The van der Waals surface area contributed by atoms with Gasteiger partial charge in [-0.05, 0) is 12.8 Å². The Morgan fingerprint density at radius 1 is 0.653 bits per heavy atom. The number of amides is 1. The van der Waals surface area contributed by atoms with Crippen molar-refractivity contribution in [3.05, 3.63) is 0 Å². The quantitative estimate of drug-likeness (QED) is 0.0575. The van der Waals surface area contributed by atoms with Crippen molar-refractivity contribution >= 4 is 5.91 Å². The average Bonchev–Trinajstić information content (AvgIpc) is 3.09. The first-order valence-electron chi connectivity index (χ1n) is 18.8. The fourth-order valence-corrected chi connectivity index (χ4v) is 6.35. The maximum Gasteiger partial charge on any atom is 0.220 e. The minimum Gasteiger partial charge on any atom is -0.394 e. The Hall–Kier alpha value is -1.01. The summed E-state index contributed by atoms with van der Waals surface area (Å²) in [4.78, 5) is 12.8. The van der Waals surface area contributed by atoms with Crippen LogP contribution in [0, 0.1) is 0 Å². The summed E-state index contributed by atoms with van der Waals surface area (Å²) in [7, 11) is 0. The predicted molar refractivity (Wildman–Crippen MR) is 180 cm³/mol. The number of hydrogen-bond acceptors (Lipinski definition) is 13. The van der Waals surface area contributed by atoms with E-state index in [1.807, 2.05) is 0 Å². The molecule has 2 aliphatic heterocycles. The topological polar surface area (TPSA) is 228 Å². The Kier molecular flexibility index (Phi) is 22.6. The van der Waals surface area contributed by atoms with Gasteiger partial charge in [-0.3, -0.25) is 4.79 Å². The third kappa shape index (κ3) is 15.2. The number of carbonyl (C=O) groups excluding carboxylic acids is 1. The number of unbranched alkanes of at least 4 members (excludes halogenated alkanes) is 13. The molecule has 0 spiro atoms. The van der Waals surface area contributed by atoms with Crippen LogP contribution in [0.3, 0.4) is 0 Å². The average molecular weight is 710 g/mol. The molecule has 0 aliphatic carbocycles. The van der Waals surface area contributed by atoms with Crippen LogP contribution in [0.15, 0.2) is 0 Å². The molecule has 12 atom stereocenters. The highest BCUT2D eigenvalue weighted by Gasteiger charge is 2.50. The van der Waals surface area contributed by atoms with Crippen LogP contribution in [0.2, 0.25) is 0 Å². The normalized spacial score (nSPS) is 31.8. The van der Waals surface area contributed by atoms with E-state index in [0.29, 0.717) is 12.8 Å². The second-order valence-electron chi connectivity index (χ2n) is 13.7. The van der Waals surface area contributed by atoms with Gasteiger partial charge in [-0.2, -0.15) is 0 Å². The number of carbonyl (C=O) groups is 1. The molecule has 14 heteroatoms. The van der Waals surface area contributed by atoms with Crippen LogP contribution in [0.5, 0.6) is 0 Å². The SMILES string of the molecule is CCCCCCCCCCCCC(O)C(COC1OC(CO)C(OC2OC(CO)C(O)C(O)C2O)C(O)C1O)NC(=O)CCCCCCC. The van der Waals surface area contributed by atoms with Crippen LogP contribution in [0.1, 0.15) is 123 Å². The van der Waals surface area contributed by atoms with Gasteiger partial charge < -0.3 is 65.1 Å². The molecule has 9 N–H and O–H groups in total. The second-order valence-corrected chi connectivity index (χ2v) is 13.7. The zero-order valence-electron chi connectivity index (χ0n) is 29.7. The van der Waals surface area contributed by atoms with Crippen molar-refractivity contribution in [2.75, 3.05) is 19.8 Å². The maximum atomic E-state index is 12.8. The van der Waals surface area contributed by atoms with E-state index < -0.39 is 86.8 Å². The molecule has 2 saturated heterocycles. The highest BCUT2D eigenvalue weighted by molar-refractivity contribution is 5.76. The van der Waals surface area contributed by atoms with Crippen LogP contribution in [0.25, 0.3) is 0 Å². The molecule has 1 amide bonds. The van der Waals surface area contributed by atoms with Crippen LogP contribution in [0.4, 0.5) is 0 Å². The largest absolute Gasteiger partial charge is 0.394 e. The van der Waals surface area contributed by atoms with Crippen molar-refractivity contribution in [3.8, 4) is 0 Å². The molecule has 2 heterocycles. The van der Waals surface area contributed by atoms with Crippen molar-refractivity contribution < 1.29 is 64.6 Å². The summed E-state index contributed by atoms with van der Waals surface area (Å²) < 4.78 is 22.5. The Morgan fingerprint density at radius 2 is 1.16 bits per heavy atom. The predicted octanol–water partition coefficient (Wildman–Crippen LogP) is 1.14. The van der Waals surface area contributed by atoms with E-state index in [1.54, 1.807) is 0 Å². The van der Waals surface area contributed by atoms with Gasteiger partial charge in [-0.25, -0.2) is 0 Å². The van der Waals surface area contributed by atoms with Crippen molar-refractivity contribution in [2.45, 2.75) is 197 Å².